The van der Waals surface area contributed by atoms with Crippen LogP contribution in [-0.2, 0) is 24.2 Å². The molecule has 1 aromatic carbocycles. The molecule has 0 atom stereocenters. The average molecular weight is 354 g/mol. The summed E-state index contributed by atoms with van der Waals surface area (Å²) in [7, 11) is 1.56. The third-order valence-corrected chi connectivity index (χ3v) is 4.10. The molecule has 1 N–H and O–H groups in total. The first-order chi connectivity index (χ1) is 12.7. The third kappa shape index (κ3) is 4.14. The van der Waals surface area contributed by atoms with Gasteiger partial charge < -0.3 is 14.6 Å². The molecule has 3 aromatic rings. The number of aryl methyl sites for hydroxylation is 2. The van der Waals surface area contributed by atoms with Crippen LogP contribution in [-0.4, -0.2) is 44.3 Å². The molecule has 0 unspecified atom stereocenters. The lowest BCUT2D eigenvalue weighted by molar-refractivity contribution is -0.121. The number of hydrogen-bond donors (Lipinski definition) is 1. The molecule has 0 bridgehead atoms. The number of para-hydroxylation sites is 2. The molecule has 0 aliphatic carbocycles. The van der Waals surface area contributed by atoms with Gasteiger partial charge in [0.2, 0.25) is 11.8 Å². The molecule has 0 aliphatic rings. The SMILES string of the molecule is CCn1cnnc1CCNC(=O)CCc1nc2ccccc2nc1OC. The van der Waals surface area contributed by atoms with E-state index < -0.39 is 0 Å². The molecule has 0 radical (unpaired) electrons. The van der Waals surface area contributed by atoms with Crippen LogP contribution in [0.25, 0.3) is 11.0 Å². The van der Waals surface area contributed by atoms with Crippen LogP contribution in [0.15, 0.2) is 30.6 Å². The maximum atomic E-state index is 12.1. The van der Waals surface area contributed by atoms with E-state index in [1.165, 1.54) is 0 Å². The number of hydrogen-bond acceptors (Lipinski definition) is 6. The standard InChI is InChI=1S/C18H22N6O2/c1-3-24-12-20-23-16(24)10-11-19-17(25)9-8-15-18(26-2)22-14-7-5-4-6-13(14)21-15/h4-7,12H,3,8-11H2,1-2H3,(H,19,25). The molecule has 136 valence electrons. The zero-order chi connectivity index (χ0) is 18.4. The highest BCUT2D eigenvalue weighted by atomic mass is 16.5. The van der Waals surface area contributed by atoms with E-state index in [0.717, 1.165) is 23.4 Å². The summed E-state index contributed by atoms with van der Waals surface area (Å²) in [5.41, 5.74) is 2.26. The van der Waals surface area contributed by atoms with Crippen LogP contribution in [0, 0.1) is 0 Å². The Hall–Kier alpha value is -3.03. The molecule has 8 heteroatoms. The van der Waals surface area contributed by atoms with Crippen molar-refractivity contribution in [2.75, 3.05) is 13.7 Å². The fraction of sp³-hybridized carbons (Fsp3) is 0.389. The molecule has 0 saturated heterocycles. The van der Waals surface area contributed by atoms with Gasteiger partial charge >= 0.3 is 0 Å². The van der Waals surface area contributed by atoms with E-state index in [2.05, 4.69) is 25.5 Å². The van der Waals surface area contributed by atoms with E-state index in [-0.39, 0.29) is 5.91 Å². The lowest BCUT2D eigenvalue weighted by atomic mass is 10.2. The van der Waals surface area contributed by atoms with E-state index in [1.54, 1.807) is 13.4 Å². The molecule has 0 saturated carbocycles. The minimum atomic E-state index is -0.0374. The van der Waals surface area contributed by atoms with Crippen molar-refractivity contribution < 1.29 is 9.53 Å². The van der Waals surface area contributed by atoms with Gasteiger partial charge in [-0.2, -0.15) is 0 Å². The molecule has 0 spiro atoms. The molecule has 2 heterocycles. The summed E-state index contributed by atoms with van der Waals surface area (Å²) < 4.78 is 7.28. The first-order valence-corrected chi connectivity index (χ1v) is 8.64. The van der Waals surface area contributed by atoms with Gasteiger partial charge in [0.1, 0.15) is 17.8 Å². The quantitative estimate of drug-likeness (QED) is 0.659. The number of aromatic nitrogens is 5. The van der Waals surface area contributed by atoms with Gasteiger partial charge in [-0.05, 0) is 19.1 Å². The van der Waals surface area contributed by atoms with Crippen molar-refractivity contribution in [2.24, 2.45) is 0 Å². The highest BCUT2D eigenvalue weighted by Crippen LogP contribution is 2.19. The van der Waals surface area contributed by atoms with Crippen molar-refractivity contribution in [1.29, 1.82) is 0 Å². The molecule has 8 nitrogen and oxygen atoms in total. The average Bonchev–Trinajstić information content (AvgIpc) is 3.13. The Kier molecular flexibility index (Phi) is 5.73. The fourth-order valence-electron chi connectivity index (χ4n) is 2.72. The highest BCUT2D eigenvalue weighted by molar-refractivity contribution is 5.77. The topological polar surface area (TPSA) is 94.8 Å². The van der Waals surface area contributed by atoms with E-state index in [9.17, 15) is 4.79 Å². The summed E-state index contributed by atoms with van der Waals surface area (Å²) >= 11 is 0. The minimum absolute atomic E-state index is 0.0374. The zero-order valence-corrected chi connectivity index (χ0v) is 15.0. The van der Waals surface area contributed by atoms with Crippen molar-refractivity contribution in [3.8, 4) is 5.88 Å². The summed E-state index contributed by atoms with van der Waals surface area (Å²) in [6.45, 7) is 3.37. The Bertz CT molecular complexity index is 892. The van der Waals surface area contributed by atoms with Crippen LogP contribution >= 0.6 is 0 Å². The van der Waals surface area contributed by atoms with Crippen LogP contribution in [0.1, 0.15) is 24.9 Å². The zero-order valence-electron chi connectivity index (χ0n) is 15.0. The molecule has 0 aliphatic heterocycles. The van der Waals surface area contributed by atoms with Crippen molar-refractivity contribution in [2.45, 2.75) is 32.7 Å². The first-order valence-electron chi connectivity index (χ1n) is 8.64. The van der Waals surface area contributed by atoms with Crippen LogP contribution < -0.4 is 10.1 Å². The summed E-state index contributed by atoms with van der Waals surface area (Å²) in [6, 6.07) is 7.60. The summed E-state index contributed by atoms with van der Waals surface area (Å²) in [6.07, 6.45) is 3.14. The molecule has 3 rings (SSSR count). The van der Waals surface area contributed by atoms with Gasteiger partial charge in [0, 0.05) is 32.4 Å². The summed E-state index contributed by atoms with van der Waals surface area (Å²) in [4.78, 5) is 21.1. The predicted molar refractivity (Wildman–Crippen MR) is 96.8 cm³/mol. The van der Waals surface area contributed by atoms with Crippen molar-refractivity contribution in [3.05, 3.63) is 42.1 Å². The lowest BCUT2D eigenvalue weighted by Crippen LogP contribution is -2.26. The van der Waals surface area contributed by atoms with Gasteiger partial charge in [0.05, 0.1) is 18.1 Å². The van der Waals surface area contributed by atoms with Crippen LogP contribution in [0.3, 0.4) is 0 Å². The molecule has 26 heavy (non-hydrogen) atoms. The van der Waals surface area contributed by atoms with Crippen LogP contribution in [0.4, 0.5) is 0 Å². The van der Waals surface area contributed by atoms with E-state index >= 15 is 0 Å². The number of amides is 1. The van der Waals surface area contributed by atoms with Gasteiger partial charge in [-0.3, -0.25) is 4.79 Å². The number of nitrogens with one attached hydrogen (secondary N) is 1. The maximum Gasteiger partial charge on any atom is 0.235 e. The van der Waals surface area contributed by atoms with Gasteiger partial charge in [0.25, 0.3) is 0 Å². The fourth-order valence-corrected chi connectivity index (χ4v) is 2.72. The predicted octanol–water partition coefficient (Wildman–Crippen LogP) is 1.54. The van der Waals surface area contributed by atoms with Crippen LogP contribution in [0.5, 0.6) is 5.88 Å². The number of ether oxygens (including phenoxy) is 1. The molecule has 1 amide bonds. The number of methoxy groups -OCH3 is 1. The number of carbonyl (C=O) groups excluding carboxylic acids is 1. The van der Waals surface area contributed by atoms with Gasteiger partial charge in [0.15, 0.2) is 0 Å². The summed E-state index contributed by atoms with van der Waals surface area (Å²) in [5, 5.41) is 10.8. The number of rotatable bonds is 8. The minimum Gasteiger partial charge on any atom is -0.480 e. The summed E-state index contributed by atoms with van der Waals surface area (Å²) in [5.74, 6) is 1.30. The number of fused-ring (bicyclic) bond motifs is 1. The Labute approximate surface area is 151 Å². The van der Waals surface area contributed by atoms with Crippen LogP contribution in [0.2, 0.25) is 0 Å². The molecular formula is C18H22N6O2. The number of benzene rings is 1. The molecule has 0 fully saturated rings. The van der Waals surface area contributed by atoms with E-state index in [4.69, 9.17) is 4.74 Å². The molecular weight excluding hydrogens is 332 g/mol. The highest BCUT2D eigenvalue weighted by Gasteiger charge is 2.12. The van der Waals surface area contributed by atoms with Crippen molar-refractivity contribution in [1.82, 2.24) is 30.0 Å². The smallest absolute Gasteiger partial charge is 0.235 e. The Morgan fingerprint density at radius 2 is 1.96 bits per heavy atom. The van der Waals surface area contributed by atoms with E-state index in [0.29, 0.717) is 37.4 Å². The van der Waals surface area contributed by atoms with Gasteiger partial charge in [-0.1, -0.05) is 12.1 Å². The van der Waals surface area contributed by atoms with E-state index in [1.807, 2.05) is 35.8 Å². The van der Waals surface area contributed by atoms with Gasteiger partial charge in [-0.25, -0.2) is 9.97 Å². The second-order valence-corrected chi connectivity index (χ2v) is 5.80. The number of carbonyl (C=O) groups is 1. The number of nitrogens with zero attached hydrogens (tertiary/aromatic N) is 5. The molecule has 2 aromatic heterocycles. The third-order valence-electron chi connectivity index (χ3n) is 4.10. The van der Waals surface area contributed by atoms with Crippen molar-refractivity contribution in [3.63, 3.8) is 0 Å². The first kappa shape index (κ1) is 17.8. The Morgan fingerprint density at radius 3 is 2.69 bits per heavy atom. The second-order valence-electron chi connectivity index (χ2n) is 5.80. The van der Waals surface area contributed by atoms with Crippen molar-refractivity contribution >= 4 is 16.9 Å². The monoisotopic (exact) mass is 354 g/mol. The lowest BCUT2D eigenvalue weighted by Gasteiger charge is -2.09. The largest absolute Gasteiger partial charge is 0.480 e. The van der Waals surface area contributed by atoms with Gasteiger partial charge in [-0.15, -0.1) is 10.2 Å². The Morgan fingerprint density at radius 1 is 1.19 bits per heavy atom. The second kappa shape index (κ2) is 8.37. The normalized spacial score (nSPS) is 10.8. The maximum absolute atomic E-state index is 12.1. The Balaban J connectivity index is 1.55.